The Kier molecular flexibility index (Phi) is 6.71. The molecule has 0 saturated carbocycles. The van der Waals surface area contributed by atoms with Crippen molar-refractivity contribution < 1.29 is 22.8 Å². The number of sulfonamides is 1. The van der Waals surface area contributed by atoms with Crippen LogP contribution in [0.4, 0.5) is 0 Å². The highest BCUT2D eigenvalue weighted by atomic mass is 32.2. The van der Waals surface area contributed by atoms with Crippen molar-refractivity contribution in [3.8, 4) is 11.5 Å². The largest absolute Gasteiger partial charge is 0.494 e. The highest BCUT2D eigenvalue weighted by molar-refractivity contribution is 7.89. The van der Waals surface area contributed by atoms with Gasteiger partial charge in [-0.15, -0.1) is 0 Å². The van der Waals surface area contributed by atoms with Crippen molar-refractivity contribution >= 4 is 10.0 Å². The summed E-state index contributed by atoms with van der Waals surface area (Å²) < 4.78 is 38.3. The van der Waals surface area contributed by atoms with E-state index in [-0.39, 0.29) is 0 Å². The number of piperazine rings is 1. The van der Waals surface area contributed by atoms with E-state index in [1.165, 1.54) is 4.90 Å². The molecule has 1 saturated heterocycles. The Hall–Kier alpha value is -2.09. The number of para-hydroxylation sites is 1. The molecule has 0 spiro atoms. The van der Waals surface area contributed by atoms with Crippen molar-refractivity contribution in [3.05, 3.63) is 54.6 Å². The molecular formula is C20H27N2O4S+. The van der Waals surface area contributed by atoms with Gasteiger partial charge in [0.1, 0.15) is 24.7 Å². The molecular weight excluding hydrogens is 364 g/mol. The fourth-order valence-corrected chi connectivity index (χ4v) is 4.59. The van der Waals surface area contributed by atoms with E-state index in [1.54, 1.807) is 28.6 Å². The molecule has 1 aliphatic heterocycles. The third-order valence-corrected chi connectivity index (χ3v) is 6.58. The fraction of sp³-hybridized carbons (Fsp3) is 0.400. The summed E-state index contributed by atoms with van der Waals surface area (Å²) in [5.74, 6) is 1.55. The molecule has 1 heterocycles. The van der Waals surface area contributed by atoms with Crippen LogP contribution >= 0.6 is 0 Å². The zero-order valence-corrected chi connectivity index (χ0v) is 16.5. The minimum Gasteiger partial charge on any atom is -0.494 e. The van der Waals surface area contributed by atoms with E-state index in [1.807, 2.05) is 37.3 Å². The van der Waals surface area contributed by atoms with E-state index >= 15 is 0 Å². The summed E-state index contributed by atoms with van der Waals surface area (Å²) in [6.45, 7) is 6.58. The van der Waals surface area contributed by atoms with E-state index in [9.17, 15) is 8.42 Å². The van der Waals surface area contributed by atoms with Gasteiger partial charge < -0.3 is 14.4 Å². The fourth-order valence-electron chi connectivity index (χ4n) is 3.15. The van der Waals surface area contributed by atoms with Crippen molar-refractivity contribution in [2.75, 3.05) is 45.9 Å². The summed E-state index contributed by atoms with van der Waals surface area (Å²) in [6, 6.07) is 16.4. The van der Waals surface area contributed by atoms with Crippen molar-refractivity contribution in [2.24, 2.45) is 0 Å². The van der Waals surface area contributed by atoms with Crippen LogP contribution in [0.5, 0.6) is 11.5 Å². The smallest absolute Gasteiger partial charge is 0.243 e. The average molecular weight is 392 g/mol. The monoisotopic (exact) mass is 391 g/mol. The van der Waals surface area contributed by atoms with Gasteiger partial charge in [-0.2, -0.15) is 4.31 Å². The van der Waals surface area contributed by atoms with Gasteiger partial charge in [-0.05, 0) is 43.3 Å². The second-order valence-corrected chi connectivity index (χ2v) is 8.41. The lowest BCUT2D eigenvalue weighted by molar-refractivity contribution is -0.903. The van der Waals surface area contributed by atoms with Crippen LogP contribution in [0.25, 0.3) is 0 Å². The molecule has 2 aromatic rings. The van der Waals surface area contributed by atoms with E-state index in [0.717, 1.165) is 25.4 Å². The van der Waals surface area contributed by atoms with Gasteiger partial charge in [0.2, 0.25) is 10.0 Å². The van der Waals surface area contributed by atoms with E-state index in [2.05, 4.69) is 0 Å². The van der Waals surface area contributed by atoms with Gasteiger partial charge in [0, 0.05) is 0 Å². The van der Waals surface area contributed by atoms with Crippen LogP contribution in [0, 0.1) is 0 Å². The number of nitrogens with one attached hydrogen (secondary N) is 1. The molecule has 0 amide bonds. The van der Waals surface area contributed by atoms with Crippen LogP contribution in [0.1, 0.15) is 6.92 Å². The minimum absolute atomic E-state index is 0.321. The van der Waals surface area contributed by atoms with Gasteiger partial charge in [-0.3, -0.25) is 0 Å². The molecule has 146 valence electrons. The third kappa shape index (κ3) is 5.22. The lowest BCUT2D eigenvalue weighted by Crippen LogP contribution is -3.15. The zero-order chi connectivity index (χ0) is 19.1. The first-order valence-electron chi connectivity index (χ1n) is 9.34. The first kappa shape index (κ1) is 19.7. The van der Waals surface area contributed by atoms with Crippen LogP contribution in [-0.2, 0) is 10.0 Å². The van der Waals surface area contributed by atoms with Gasteiger partial charge in [0.05, 0.1) is 37.7 Å². The predicted molar refractivity (Wildman–Crippen MR) is 104 cm³/mol. The summed E-state index contributed by atoms with van der Waals surface area (Å²) in [5.41, 5.74) is 0. The predicted octanol–water partition coefficient (Wildman–Crippen LogP) is 1.05. The molecule has 0 radical (unpaired) electrons. The van der Waals surface area contributed by atoms with Crippen molar-refractivity contribution in [1.29, 1.82) is 0 Å². The zero-order valence-electron chi connectivity index (χ0n) is 15.6. The van der Waals surface area contributed by atoms with Gasteiger partial charge in [-0.1, -0.05) is 18.2 Å². The maximum atomic E-state index is 12.8. The molecule has 0 unspecified atom stereocenters. The number of hydrogen-bond donors (Lipinski definition) is 1. The molecule has 6 nitrogen and oxygen atoms in total. The van der Waals surface area contributed by atoms with Crippen LogP contribution in [0.2, 0.25) is 0 Å². The summed E-state index contributed by atoms with van der Waals surface area (Å²) in [4.78, 5) is 1.69. The summed E-state index contributed by atoms with van der Waals surface area (Å²) >= 11 is 0. The summed E-state index contributed by atoms with van der Waals surface area (Å²) in [7, 11) is -3.45. The average Bonchev–Trinajstić information content (AvgIpc) is 2.70. The minimum atomic E-state index is -3.45. The van der Waals surface area contributed by atoms with E-state index < -0.39 is 10.0 Å². The van der Waals surface area contributed by atoms with Gasteiger partial charge in [0.15, 0.2) is 0 Å². The number of ether oxygens (including phenoxy) is 2. The molecule has 1 N–H and O–H groups in total. The molecule has 2 aromatic carbocycles. The lowest BCUT2D eigenvalue weighted by atomic mass is 10.3. The van der Waals surface area contributed by atoms with Crippen LogP contribution in [0.15, 0.2) is 59.5 Å². The van der Waals surface area contributed by atoms with Gasteiger partial charge in [-0.25, -0.2) is 8.42 Å². The van der Waals surface area contributed by atoms with Gasteiger partial charge in [0.25, 0.3) is 0 Å². The molecule has 0 atom stereocenters. The van der Waals surface area contributed by atoms with Gasteiger partial charge >= 0.3 is 0 Å². The lowest BCUT2D eigenvalue weighted by Gasteiger charge is -2.31. The molecule has 0 aromatic heterocycles. The Morgan fingerprint density at radius 3 is 2.19 bits per heavy atom. The second kappa shape index (κ2) is 9.21. The third-order valence-electron chi connectivity index (χ3n) is 4.67. The first-order chi connectivity index (χ1) is 13.1. The normalized spacial score (nSPS) is 16.2. The van der Waals surface area contributed by atoms with Crippen LogP contribution in [-0.4, -0.2) is 58.7 Å². The molecule has 0 aliphatic carbocycles. The SMILES string of the molecule is CCOc1ccc(S(=O)(=O)N2CC[NH+](CCOc3ccccc3)CC2)cc1. The standard InChI is InChI=1S/C20H26N2O4S/c1-2-25-19-8-10-20(11-9-19)27(23,24)22-14-12-21(13-15-22)16-17-26-18-6-4-3-5-7-18/h3-11H,2,12-17H2,1H3/p+1. The van der Waals surface area contributed by atoms with Crippen molar-refractivity contribution in [3.63, 3.8) is 0 Å². The maximum Gasteiger partial charge on any atom is 0.243 e. The Balaban J connectivity index is 1.49. The highest BCUT2D eigenvalue weighted by Gasteiger charge is 2.30. The molecule has 0 bridgehead atoms. The second-order valence-electron chi connectivity index (χ2n) is 6.47. The van der Waals surface area contributed by atoms with Crippen LogP contribution < -0.4 is 14.4 Å². The maximum absolute atomic E-state index is 12.8. The van der Waals surface area contributed by atoms with Crippen molar-refractivity contribution in [1.82, 2.24) is 4.31 Å². The Bertz CT molecular complexity index is 802. The number of hydrogen-bond acceptors (Lipinski definition) is 4. The summed E-state index contributed by atoms with van der Waals surface area (Å²) in [5, 5.41) is 0. The topological polar surface area (TPSA) is 60.3 Å². The highest BCUT2D eigenvalue weighted by Crippen LogP contribution is 2.19. The number of benzene rings is 2. The molecule has 3 rings (SSSR count). The van der Waals surface area contributed by atoms with E-state index in [0.29, 0.717) is 36.9 Å². The quantitative estimate of drug-likeness (QED) is 0.731. The van der Waals surface area contributed by atoms with E-state index in [4.69, 9.17) is 9.47 Å². The van der Waals surface area contributed by atoms with Crippen LogP contribution in [0.3, 0.4) is 0 Å². The molecule has 1 aliphatic rings. The molecule has 7 heteroatoms. The number of nitrogens with zero attached hydrogens (tertiary/aromatic N) is 1. The first-order valence-corrected chi connectivity index (χ1v) is 10.8. The number of quaternary nitrogens is 1. The number of rotatable bonds is 8. The van der Waals surface area contributed by atoms with Crippen molar-refractivity contribution in [2.45, 2.75) is 11.8 Å². The Labute approximate surface area is 161 Å². The summed E-state index contributed by atoms with van der Waals surface area (Å²) in [6.07, 6.45) is 0. The molecule has 1 fully saturated rings. The Morgan fingerprint density at radius 2 is 1.56 bits per heavy atom. The Morgan fingerprint density at radius 1 is 0.926 bits per heavy atom. The molecule has 27 heavy (non-hydrogen) atoms.